The van der Waals surface area contributed by atoms with Crippen molar-refractivity contribution >= 4 is 5.97 Å². The summed E-state index contributed by atoms with van der Waals surface area (Å²) < 4.78 is 0. The van der Waals surface area contributed by atoms with Crippen molar-refractivity contribution in [3.05, 3.63) is 34.9 Å². The van der Waals surface area contributed by atoms with Crippen LogP contribution in [-0.4, -0.2) is 18.1 Å². The first kappa shape index (κ1) is 15.7. The molecule has 0 heterocycles. The average Bonchev–Trinajstić information content (AvgIpc) is 2.35. The Kier molecular flexibility index (Phi) is 6.03. The molecule has 0 saturated carbocycles. The van der Waals surface area contributed by atoms with Crippen LogP contribution in [0.1, 0.15) is 61.8 Å². The number of rotatable bonds is 7. The average molecular weight is 263 g/mol. The van der Waals surface area contributed by atoms with E-state index in [0.717, 1.165) is 6.42 Å². The van der Waals surface area contributed by atoms with Gasteiger partial charge < -0.3 is 10.4 Å². The fourth-order valence-corrected chi connectivity index (χ4v) is 2.31. The van der Waals surface area contributed by atoms with Crippen LogP contribution in [-0.2, 0) is 4.79 Å². The normalized spacial score (nSPS) is 12.7. The molecular formula is C16H25NO2. The Labute approximate surface area is 116 Å². The van der Waals surface area contributed by atoms with Crippen molar-refractivity contribution in [2.75, 3.05) is 7.05 Å². The van der Waals surface area contributed by atoms with Gasteiger partial charge in [0.15, 0.2) is 0 Å². The van der Waals surface area contributed by atoms with Crippen molar-refractivity contribution in [2.45, 2.75) is 52.0 Å². The van der Waals surface area contributed by atoms with Gasteiger partial charge in [0, 0.05) is 12.5 Å². The minimum Gasteiger partial charge on any atom is -0.481 e. The molecule has 0 aliphatic heterocycles. The van der Waals surface area contributed by atoms with Gasteiger partial charge in [-0.2, -0.15) is 0 Å². The second-order valence-corrected chi connectivity index (χ2v) is 5.40. The Morgan fingerprint density at radius 1 is 1.37 bits per heavy atom. The van der Waals surface area contributed by atoms with E-state index in [9.17, 15) is 4.79 Å². The Bertz CT molecular complexity index is 427. The van der Waals surface area contributed by atoms with Crippen molar-refractivity contribution in [1.82, 2.24) is 5.32 Å². The number of carboxylic acids is 1. The molecule has 0 spiro atoms. The molecule has 19 heavy (non-hydrogen) atoms. The first-order valence-electron chi connectivity index (χ1n) is 6.95. The molecule has 0 amide bonds. The van der Waals surface area contributed by atoms with Crippen LogP contribution in [0, 0.1) is 6.92 Å². The number of benzene rings is 1. The third-order valence-corrected chi connectivity index (χ3v) is 3.58. The Balaban J connectivity index is 2.84. The summed E-state index contributed by atoms with van der Waals surface area (Å²) in [6, 6.07) is 6.82. The first-order chi connectivity index (χ1) is 8.95. The van der Waals surface area contributed by atoms with Gasteiger partial charge in [0.1, 0.15) is 0 Å². The lowest BCUT2D eigenvalue weighted by Gasteiger charge is -2.20. The lowest BCUT2D eigenvalue weighted by Crippen LogP contribution is -2.18. The van der Waals surface area contributed by atoms with Crippen LogP contribution >= 0.6 is 0 Å². The molecule has 0 fully saturated rings. The molecule has 106 valence electrons. The van der Waals surface area contributed by atoms with Crippen LogP contribution < -0.4 is 5.32 Å². The maximum absolute atomic E-state index is 10.6. The molecule has 1 aromatic rings. The van der Waals surface area contributed by atoms with E-state index in [1.165, 1.54) is 16.7 Å². The van der Waals surface area contributed by atoms with Gasteiger partial charge in [-0.3, -0.25) is 4.79 Å². The van der Waals surface area contributed by atoms with Gasteiger partial charge in [-0.1, -0.05) is 32.0 Å². The van der Waals surface area contributed by atoms with Gasteiger partial charge in [0.2, 0.25) is 0 Å². The van der Waals surface area contributed by atoms with E-state index < -0.39 is 5.97 Å². The van der Waals surface area contributed by atoms with E-state index in [-0.39, 0.29) is 12.5 Å². The van der Waals surface area contributed by atoms with E-state index in [2.05, 4.69) is 44.3 Å². The van der Waals surface area contributed by atoms with Crippen molar-refractivity contribution in [3.8, 4) is 0 Å². The summed E-state index contributed by atoms with van der Waals surface area (Å²) in [4.78, 5) is 10.6. The van der Waals surface area contributed by atoms with E-state index >= 15 is 0 Å². The molecule has 0 saturated heterocycles. The molecule has 2 N–H and O–H groups in total. The fraction of sp³-hybridized carbons (Fsp3) is 0.562. The SMILES string of the molecule is CNC(CCCC(=O)O)c1cc(C(C)C)ccc1C. The lowest BCUT2D eigenvalue weighted by atomic mass is 9.92. The zero-order valence-electron chi connectivity index (χ0n) is 12.4. The third-order valence-electron chi connectivity index (χ3n) is 3.58. The van der Waals surface area contributed by atoms with Crippen LogP contribution in [0.3, 0.4) is 0 Å². The van der Waals surface area contributed by atoms with Gasteiger partial charge in [0.25, 0.3) is 0 Å². The summed E-state index contributed by atoms with van der Waals surface area (Å²) in [7, 11) is 1.94. The van der Waals surface area contributed by atoms with Crippen molar-refractivity contribution < 1.29 is 9.90 Å². The molecule has 1 aromatic carbocycles. The van der Waals surface area contributed by atoms with Gasteiger partial charge in [-0.15, -0.1) is 0 Å². The monoisotopic (exact) mass is 263 g/mol. The van der Waals surface area contributed by atoms with Crippen molar-refractivity contribution in [2.24, 2.45) is 0 Å². The zero-order chi connectivity index (χ0) is 14.4. The number of carboxylic acid groups (broad SMARTS) is 1. The lowest BCUT2D eigenvalue weighted by molar-refractivity contribution is -0.137. The highest BCUT2D eigenvalue weighted by molar-refractivity contribution is 5.66. The smallest absolute Gasteiger partial charge is 0.303 e. The highest BCUT2D eigenvalue weighted by Crippen LogP contribution is 2.26. The molecule has 1 atom stereocenters. The van der Waals surface area contributed by atoms with Crippen LogP contribution in [0.2, 0.25) is 0 Å². The summed E-state index contributed by atoms with van der Waals surface area (Å²) in [5, 5.41) is 12.0. The summed E-state index contributed by atoms with van der Waals surface area (Å²) in [6.07, 6.45) is 1.79. The molecule has 0 aliphatic rings. The van der Waals surface area contributed by atoms with Crippen LogP contribution in [0.5, 0.6) is 0 Å². The molecule has 3 nitrogen and oxygen atoms in total. The van der Waals surface area contributed by atoms with E-state index in [4.69, 9.17) is 5.11 Å². The molecule has 0 aliphatic carbocycles. The van der Waals surface area contributed by atoms with Gasteiger partial charge in [-0.25, -0.2) is 0 Å². The minimum atomic E-state index is -0.720. The number of hydrogen-bond acceptors (Lipinski definition) is 2. The molecule has 0 bridgehead atoms. The van der Waals surface area contributed by atoms with E-state index in [1.807, 2.05) is 7.05 Å². The van der Waals surface area contributed by atoms with Gasteiger partial charge in [0.05, 0.1) is 0 Å². The fourth-order valence-electron chi connectivity index (χ4n) is 2.31. The number of carbonyl (C=O) groups is 1. The summed E-state index contributed by atoms with van der Waals surface area (Å²) in [6.45, 7) is 6.49. The van der Waals surface area contributed by atoms with Crippen LogP contribution in [0.25, 0.3) is 0 Å². The Hall–Kier alpha value is -1.35. The molecule has 0 aromatic heterocycles. The second-order valence-electron chi connectivity index (χ2n) is 5.40. The number of aliphatic carboxylic acids is 1. The number of hydrogen-bond donors (Lipinski definition) is 2. The zero-order valence-corrected chi connectivity index (χ0v) is 12.4. The largest absolute Gasteiger partial charge is 0.481 e. The van der Waals surface area contributed by atoms with Gasteiger partial charge >= 0.3 is 5.97 Å². The highest BCUT2D eigenvalue weighted by Gasteiger charge is 2.13. The topological polar surface area (TPSA) is 49.3 Å². The third kappa shape index (κ3) is 4.67. The predicted octanol–water partition coefficient (Wildman–Crippen LogP) is 3.63. The maximum Gasteiger partial charge on any atom is 0.303 e. The molecule has 1 rings (SSSR count). The minimum absolute atomic E-state index is 0.234. The number of nitrogens with one attached hydrogen (secondary N) is 1. The standard InChI is InChI=1S/C16H25NO2/c1-11(2)13-9-8-12(3)14(10-13)15(17-4)6-5-7-16(18)19/h8-11,15,17H,5-7H2,1-4H3,(H,18,19). The number of aryl methyl sites for hydroxylation is 1. The summed E-state index contributed by atoms with van der Waals surface area (Å²) in [5.41, 5.74) is 3.89. The summed E-state index contributed by atoms with van der Waals surface area (Å²) >= 11 is 0. The van der Waals surface area contributed by atoms with E-state index in [0.29, 0.717) is 12.3 Å². The van der Waals surface area contributed by atoms with E-state index in [1.54, 1.807) is 0 Å². The highest BCUT2D eigenvalue weighted by atomic mass is 16.4. The predicted molar refractivity (Wildman–Crippen MR) is 78.6 cm³/mol. The maximum atomic E-state index is 10.6. The summed E-state index contributed by atoms with van der Waals surface area (Å²) in [5.74, 6) is -0.210. The molecular weight excluding hydrogens is 238 g/mol. The molecule has 0 radical (unpaired) electrons. The van der Waals surface area contributed by atoms with Crippen molar-refractivity contribution in [1.29, 1.82) is 0 Å². The van der Waals surface area contributed by atoms with Gasteiger partial charge in [-0.05, 0) is 49.4 Å². The quantitative estimate of drug-likeness (QED) is 0.789. The van der Waals surface area contributed by atoms with Crippen LogP contribution in [0.4, 0.5) is 0 Å². The Morgan fingerprint density at radius 2 is 2.05 bits per heavy atom. The van der Waals surface area contributed by atoms with Crippen molar-refractivity contribution in [3.63, 3.8) is 0 Å². The van der Waals surface area contributed by atoms with Crippen LogP contribution in [0.15, 0.2) is 18.2 Å². The Morgan fingerprint density at radius 3 is 2.58 bits per heavy atom. The molecule has 3 heteroatoms. The first-order valence-corrected chi connectivity index (χ1v) is 6.95. The second kappa shape index (κ2) is 7.29. The molecule has 1 unspecified atom stereocenters.